The van der Waals surface area contributed by atoms with Crippen molar-refractivity contribution in [2.45, 2.75) is 19.4 Å². The van der Waals surface area contributed by atoms with Crippen molar-refractivity contribution in [3.63, 3.8) is 0 Å². The van der Waals surface area contributed by atoms with Crippen LogP contribution in [0.3, 0.4) is 0 Å². The van der Waals surface area contributed by atoms with E-state index in [0.717, 1.165) is 0 Å². The Morgan fingerprint density at radius 3 is 2.55 bits per heavy atom. The standard InChI is InChI=1S/C22H21N3O8/c1-13(21(27)23-15-2-4-16(5-3-15)25(29)30)33-22(28)14-10-20(26)24(12-14)17-6-7-18-19(11-17)32-9-8-31-18/h2-7,11,13-14H,8-10,12H2,1H3,(H,23,27)/t13-,14-/m1/s1. The summed E-state index contributed by atoms with van der Waals surface area (Å²) in [6.07, 6.45) is -1.16. The van der Waals surface area contributed by atoms with Crippen LogP contribution in [-0.4, -0.2) is 48.6 Å². The zero-order chi connectivity index (χ0) is 23.5. The molecule has 2 aliphatic heterocycles. The highest BCUT2D eigenvalue weighted by Gasteiger charge is 2.37. The minimum absolute atomic E-state index is 0.0377. The summed E-state index contributed by atoms with van der Waals surface area (Å²) in [4.78, 5) is 49.1. The Kier molecular flexibility index (Phi) is 6.11. The van der Waals surface area contributed by atoms with Gasteiger partial charge >= 0.3 is 5.97 Å². The fourth-order valence-corrected chi connectivity index (χ4v) is 3.55. The number of amides is 2. The van der Waals surface area contributed by atoms with Crippen molar-refractivity contribution < 1.29 is 33.5 Å². The van der Waals surface area contributed by atoms with Crippen molar-refractivity contribution in [1.29, 1.82) is 0 Å². The smallest absolute Gasteiger partial charge is 0.312 e. The van der Waals surface area contributed by atoms with Gasteiger partial charge in [0.2, 0.25) is 5.91 Å². The summed E-state index contributed by atoms with van der Waals surface area (Å²) in [7, 11) is 0. The zero-order valence-electron chi connectivity index (χ0n) is 17.7. The molecule has 0 unspecified atom stereocenters. The molecule has 2 atom stereocenters. The molecule has 0 aromatic heterocycles. The van der Waals surface area contributed by atoms with Gasteiger partial charge in [-0.05, 0) is 31.2 Å². The molecule has 0 aliphatic carbocycles. The Morgan fingerprint density at radius 2 is 1.85 bits per heavy atom. The lowest BCUT2D eigenvalue weighted by molar-refractivity contribution is -0.384. The molecule has 1 N–H and O–H groups in total. The molecule has 2 heterocycles. The SMILES string of the molecule is C[C@@H](OC(=O)[C@@H]1CC(=O)N(c2ccc3c(c2)OCCO3)C1)C(=O)Nc1ccc([N+](=O)[O-])cc1. The first kappa shape index (κ1) is 22.1. The Hall–Kier alpha value is -4.15. The number of fused-ring (bicyclic) bond motifs is 1. The summed E-state index contributed by atoms with van der Waals surface area (Å²) in [5.41, 5.74) is 0.804. The van der Waals surface area contributed by atoms with Crippen molar-refractivity contribution in [3.05, 3.63) is 52.6 Å². The number of non-ortho nitro benzene ring substituents is 1. The summed E-state index contributed by atoms with van der Waals surface area (Å²) >= 11 is 0. The van der Waals surface area contributed by atoms with E-state index in [0.29, 0.717) is 36.1 Å². The molecule has 0 radical (unpaired) electrons. The molecular formula is C22H21N3O8. The minimum Gasteiger partial charge on any atom is -0.486 e. The number of hydrogen-bond donors (Lipinski definition) is 1. The number of hydrogen-bond acceptors (Lipinski definition) is 8. The molecule has 0 bridgehead atoms. The maximum Gasteiger partial charge on any atom is 0.312 e. The second kappa shape index (κ2) is 9.15. The molecule has 1 fully saturated rings. The van der Waals surface area contributed by atoms with Crippen molar-refractivity contribution in [2.24, 2.45) is 5.92 Å². The first-order valence-corrected chi connectivity index (χ1v) is 10.3. The predicted molar refractivity (Wildman–Crippen MR) is 115 cm³/mol. The molecule has 11 nitrogen and oxygen atoms in total. The minimum atomic E-state index is -1.12. The van der Waals surface area contributed by atoms with Crippen LogP contribution in [0, 0.1) is 16.0 Å². The number of carbonyl (C=O) groups excluding carboxylic acids is 3. The maximum atomic E-state index is 12.6. The first-order chi connectivity index (χ1) is 15.8. The quantitative estimate of drug-likeness (QED) is 0.398. The predicted octanol–water partition coefficient (Wildman–Crippen LogP) is 2.29. The third-order valence-corrected chi connectivity index (χ3v) is 5.30. The topological polar surface area (TPSA) is 137 Å². The van der Waals surface area contributed by atoms with Crippen LogP contribution in [0.4, 0.5) is 17.1 Å². The fourth-order valence-electron chi connectivity index (χ4n) is 3.55. The van der Waals surface area contributed by atoms with Crippen LogP contribution >= 0.6 is 0 Å². The number of nitrogens with one attached hydrogen (secondary N) is 1. The molecule has 0 spiro atoms. The van der Waals surface area contributed by atoms with Gasteiger partial charge in [-0.15, -0.1) is 0 Å². The van der Waals surface area contributed by atoms with Gasteiger partial charge < -0.3 is 24.4 Å². The third-order valence-electron chi connectivity index (χ3n) is 5.30. The normalized spacial score (nSPS) is 17.9. The van der Waals surface area contributed by atoms with Crippen LogP contribution < -0.4 is 19.7 Å². The monoisotopic (exact) mass is 455 g/mol. The molecule has 172 valence electrons. The van der Waals surface area contributed by atoms with E-state index in [-0.39, 0.29) is 24.6 Å². The highest BCUT2D eigenvalue weighted by molar-refractivity contribution is 6.00. The van der Waals surface area contributed by atoms with Crippen molar-refractivity contribution in [1.82, 2.24) is 0 Å². The Labute approximate surface area is 188 Å². The van der Waals surface area contributed by atoms with E-state index in [1.54, 1.807) is 18.2 Å². The number of anilines is 2. The van der Waals surface area contributed by atoms with Crippen molar-refractivity contribution in [3.8, 4) is 11.5 Å². The zero-order valence-corrected chi connectivity index (χ0v) is 17.7. The molecular weight excluding hydrogens is 434 g/mol. The molecule has 1 saturated heterocycles. The lowest BCUT2D eigenvalue weighted by atomic mass is 10.1. The molecule has 2 aliphatic rings. The van der Waals surface area contributed by atoms with Gasteiger partial charge in [-0.1, -0.05) is 0 Å². The average molecular weight is 455 g/mol. The number of esters is 1. The van der Waals surface area contributed by atoms with Gasteiger partial charge in [0.25, 0.3) is 11.6 Å². The molecule has 2 aromatic rings. The lowest BCUT2D eigenvalue weighted by Crippen LogP contribution is -2.33. The van der Waals surface area contributed by atoms with E-state index in [1.807, 2.05) is 0 Å². The summed E-state index contributed by atoms with van der Waals surface area (Å²) < 4.78 is 16.3. The van der Waals surface area contributed by atoms with Gasteiger partial charge in [0.05, 0.1) is 10.8 Å². The maximum absolute atomic E-state index is 12.6. The van der Waals surface area contributed by atoms with Crippen molar-refractivity contribution >= 4 is 34.8 Å². The van der Waals surface area contributed by atoms with Crippen LogP contribution in [0.15, 0.2) is 42.5 Å². The van der Waals surface area contributed by atoms with Gasteiger partial charge in [-0.3, -0.25) is 24.5 Å². The van der Waals surface area contributed by atoms with Gasteiger partial charge in [-0.25, -0.2) is 0 Å². The average Bonchev–Trinajstić information content (AvgIpc) is 3.20. The number of nitro benzene ring substituents is 1. The Morgan fingerprint density at radius 1 is 1.15 bits per heavy atom. The van der Waals surface area contributed by atoms with E-state index in [2.05, 4.69) is 5.32 Å². The Bertz CT molecular complexity index is 1100. The van der Waals surface area contributed by atoms with Gasteiger partial charge in [0.15, 0.2) is 17.6 Å². The fraction of sp³-hybridized carbons (Fsp3) is 0.318. The number of nitrogens with zero attached hydrogens (tertiary/aromatic N) is 2. The third kappa shape index (κ3) is 4.86. The Balaban J connectivity index is 1.34. The molecule has 2 amide bonds. The van der Waals surface area contributed by atoms with Crippen LogP contribution in [-0.2, 0) is 19.1 Å². The van der Waals surface area contributed by atoms with Crippen LogP contribution in [0.25, 0.3) is 0 Å². The van der Waals surface area contributed by atoms with E-state index in [9.17, 15) is 24.5 Å². The largest absolute Gasteiger partial charge is 0.486 e. The van der Waals surface area contributed by atoms with E-state index in [1.165, 1.54) is 36.1 Å². The summed E-state index contributed by atoms with van der Waals surface area (Å²) in [5, 5.41) is 13.2. The van der Waals surface area contributed by atoms with Crippen molar-refractivity contribution in [2.75, 3.05) is 30.0 Å². The summed E-state index contributed by atoms with van der Waals surface area (Å²) in [6, 6.07) is 10.4. The van der Waals surface area contributed by atoms with Crippen LogP contribution in [0.2, 0.25) is 0 Å². The van der Waals surface area contributed by atoms with E-state index >= 15 is 0 Å². The number of carbonyl (C=O) groups is 3. The van der Waals surface area contributed by atoms with Gasteiger partial charge in [-0.2, -0.15) is 0 Å². The second-order valence-electron chi connectivity index (χ2n) is 7.61. The van der Waals surface area contributed by atoms with Gasteiger partial charge in [0.1, 0.15) is 13.2 Å². The summed E-state index contributed by atoms with van der Waals surface area (Å²) in [6.45, 7) is 2.40. The number of rotatable bonds is 6. The molecule has 4 rings (SSSR count). The molecule has 33 heavy (non-hydrogen) atoms. The van der Waals surface area contributed by atoms with Crippen LogP contribution in [0.1, 0.15) is 13.3 Å². The molecule has 11 heteroatoms. The lowest BCUT2D eigenvalue weighted by Gasteiger charge is -2.22. The van der Waals surface area contributed by atoms with E-state index < -0.39 is 28.8 Å². The highest BCUT2D eigenvalue weighted by atomic mass is 16.6. The summed E-state index contributed by atoms with van der Waals surface area (Å²) in [5.74, 6) is -1.08. The molecule has 2 aromatic carbocycles. The number of benzene rings is 2. The molecule has 0 saturated carbocycles. The first-order valence-electron chi connectivity index (χ1n) is 10.3. The number of nitro groups is 1. The van der Waals surface area contributed by atoms with Crippen LogP contribution in [0.5, 0.6) is 11.5 Å². The highest BCUT2D eigenvalue weighted by Crippen LogP contribution is 2.36. The van der Waals surface area contributed by atoms with Gasteiger partial charge in [0, 0.05) is 42.5 Å². The second-order valence-corrected chi connectivity index (χ2v) is 7.61. The number of ether oxygens (including phenoxy) is 3. The van der Waals surface area contributed by atoms with E-state index in [4.69, 9.17) is 14.2 Å².